The molecule has 0 saturated heterocycles. The lowest BCUT2D eigenvalue weighted by Crippen LogP contribution is -2.11. The van der Waals surface area contributed by atoms with Gasteiger partial charge in [-0.2, -0.15) is 0 Å². The number of amides is 1. The van der Waals surface area contributed by atoms with Crippen LogP contribution < -0.4 is 11.1 Å². The molecule has 0 aliphatic carbocycles. The van der Waals surface area contributed by atoms with E-state index in [0.29, 0.717) is 6.54 Å². The Bertz CT molecular complexity index is 715. The molecule has 3 N–H and O–H groups in total. The van der Waals surface area contributed by atoms with Crippen LogP contribution in [0.4, 0.5) is 5.69 Å². The number of nitrogens with one attached hydrogen (secondary N) is 1. The maximum absolute atomic E-state index is 12.2. The molecule has 2 aromatic rings. The van der Waals surface area contributed by atoms with Gasteiger partial charge in [-0.05, 0) is 56.2 Å². The number of hydrogen-bond acceptors (Lipinski definition) is 3. The zero-order valence-electron chi connectivity index (χ0n) is 12.4. The Labute approximate surface area is 129 Å². The van der Waals surface area contributed by atoms with E-state index in [1.165, 1.54) is 16.2 Å². The van der Waals surface area contributed by atoms with Crippen LogP contribution in [0.1, 0.15) is 31.2 Å². The van der Waals surface area contributed by atoms with Crippen LogP contribution >= 0.6 is 11.3 Å². The molecule has 0 saturated carbocycles. The van der Waals surface area contributed by atoms with Gasteiger partial charge in [0, 0.05) is 16.1 Å². The lowest BCUT2D eigenvalue weighted by molar-refractivity contribution is 0.103. The van der Waals surface area contributed by atoms with E-state index in [-0.39, 0.29) is 5.91 Å². The van der Waals surface area contributed by atoms with Crippen molar-refractivity contribution in [2.24, 2.45) is 5.73 Å². The predicted octanol–water partition coefficient (Wildman–Crippen LogP) is 3.24. The van der Waals surface area contributed by atoms with Gasteiger partial charge in [0.25, 0.3) is 5.91 Å². The number of aryl methyl sites for hydroxylation is 3. The van der Waals surface area contributed by atoms with Crippen LogP contribution in [0.25, 0.3) is 0 Å². The van der Waals surface area contributed by atoms with Crippen molar-refractivity contribution in [2.45, 2.75) is 20.8 Å². The van der Waals surface area contributed by atoms with Crippen molar-refractivity contribution < 1.29 is 4.79 Å². The van der Waals surface area contributed by atoms with E-state index < -0.39 is 0 Å². The van der Waals surface area contributed by atoms with Crippen LogP contribution in [0.3, 0.4) is 0 Å². The van der Waals surface area contributed by atoms with Gasteiger partial charge in [0.05, 0.1) is 11.4 Å². The van der Waals surface area contributed by atoms with Gasteiger partial charge in [0.15, 0.2) is 0 Å². The van der Waals surface area contributed by atoms with Crippen LogP contribution in [-0.2, 0) is 0 Å². The second-order valence-corrected chi connectivity index (χ2v) is 6.10. The standard InChI is InChI=1S/C17H18N2OS/c1-11-10-16(21-13(11)3)17(20)19-15-7-6-14(5-4-8-18)9-12(15)2/h6-7,9-10H,8,18H2,1-3H3,(H,19,20). The first-order valence-electron chi connectivity index (χ1n) is 6.69. The zero-order valence-corrected chi connectivity index (χ0v) is 13.2. The minimum atomic E-state index is -0.0694. The number of rotatable bonds is 2. The van der Waals surface area contributed by atoms with E-state index in [1.54, 1.807) is 0 Å². The van der Waals surface area contributed by atoms with E-state index in [2.05, 4.69) is 17.2 Å². The number of nitrogens with two attached hydrogens (primary N) is 1. The summed E-state index contributed by atoms with van der Waals surface area (Å²) in [5, 5.41) is 2.95. The third-order valence-electron chi connectivity index (χ3n) is 3.20. The molecule has 0 aliphatic rings. The Balaban J connectivity index is 2.18. The van der Waals surface area contributed by atoms with Gasteiger partial charge in [-0.3, -0.25) is 4.79 Å². The van der Waals surface area contributed by atoms with E-state index in [1.807, 2.05) is 45.0 Å². The molecule has 21 heavy (non-hydrogen) atoms. The molecule has 0 unspecified atom stereocenters. The summed E-state index contributed by atoms with van der Waals surface area (Å²) in [5.41, 5.74) is 9.20. The molecule has 3 nitrogen and oxygen atoms in total. The largest absolute Gasteiger partial charge is 0.321 e. The molecule has 0 radical (unpaired) electrons. The van der Waals surface area contributed by atoms with E-state index in [9.17, 15) is 4.79 Å². The highest BCUT2D eigenvalue weighted by molar-refractivity contribution is 7.14. The molecule has 2 rings (SSSR count). The average Bonchev–Trinajstić information content (AvgIpc) is 2.79. The van der Waals surface area contributed by atoms with Gasteiger partial charge < -0.3 is 11.1 Å². The predicted molar refractivity (Wildman–Crippen MR) is 88.9 cm³/mol. The molecular formula is C17H18N2OS. The topological polar surface area (TPSA) is 55.1 Å². The highest BCUT2D eigenvalue weighted by Crippen LogP contribution is 2.23. The number of hydrogen-bond donors (Lipinski definition) is 2. The normalized spacial score (nSPS) is 9.90. The van der Waals surface area contributed by atoms with Crippen molar-refractivity contribution in [3.05, 3.63) is 50.7 Å². The SMILES string of the molecule is Cc1cc(C#CCN)ccc1NC(=O)c1cc(C)c(C)s1. The fourth-order valence-corrected chi connectivity index (χ4v) is 2.83. The second-order valence-electron chi connectivity index (χ2n) is 4.84. The van der Waals surface area contributed by atoms with Crippen molar-refractivity contribution in [1.29, 1.82) is 0 Å². The molecule has 0 aliphatic heterocycles. The third kappa shape index (κ3) is 3.72. The number of carbonyl (C=O) groups excluding carboxylic acids is 1. The smallest absolute Gasteiger partial charge is 0.265 e. The Morgan fingerprint density at radius 1 is 1.24 bits per heavy atom. The number of thiophene rings is 1. The summed E-state index contributed by atoms with van der Waals surface area (Å²) < 4.78 is 0. The van der Waals surface area contributed by atoms with Crippen molar-refractivity contribution >= 4 is 22.9 Å². The monoisotopic (exact) mass is 298 g/mol. The molecule has 1 heterocycles. The third-order valence-corrected chi connectivity index (χ3v) is 4.35. The van der Waals surface area contributed by atoms with E-state index >= 15 is 0 Å². The van der Waals surface area contributed by atoms with Gasteiger partial charge in [0.2, 0.25) is 0 Å². The Morgan fingerprint density at radius 2 is 2.00 bits per heavy atom. The van der Waals surface area contributed by atoms with E-state index in [0.717, 1.165) is 27.3 Å². The number of anilines is 1. The summed E-state index contributed by atoms with van der Waals surface area (Å²) in [6, 6.07) is 7.63. The first-order chi connectivity index (χ1) is 10.0. The highest BCUT2D eigenvalue weighted by atomic mass is 32.1. The number of carbonyl (C=O) groups is 1. The lowest BCUT2D eigenvalue weighted by atomic mass is 10.1. The molecule has 1 amide bonds. The van der Waals surface area contributed by atoms with Gasteiger partial charge in [-0.1, -0.05) is 11.8 Å². The van der Waals surface area contributed by atoms with Crippen LogP contribution in [0.5, 0.6) is 0 Å². The summed E-state index contributed by atoms with van der Waals surface area (Å²) in [6.45, 7) is 6.33. The van der Waals surface area contributed by atoms with Gasteiger partial charge in [0.1, 0.15) is 0 Å². The van der Waals surface area contributed by atoms with Gasteiger partial charge >= 0.3 is 0 Å². The summed E-state index contributed by atoms with van der Waals surface area (Å²) in [6.07, 6.45) is 0. The quantitative estimate of drug-likeness (QED) is 0.836. The van der Waals surface area contributed by atoms with Crippen LogP contribution in [0, 0.1) is 32.6 Å². The summed E-state index contributed by atoms with van der Waals surface area (Å²) >= 11 is 1.51. The number of benzene rings is 1. The minimum Gasteiger partial charge on any atom is -0.321 e. The molecule has 0 bridgehead atoms. The lowest BCUT2D eigenvalue weighted by Gasteiger charge is -2.07. The average molecular weight is 298 g/mol. The molecule has 1 aromatic heterocycles. The highest BCUT2D eigenvalue weighted by Gasteiger charge is 2.11. The molecule has 0 spiro atoms. The molecule has 4 heteroatoms. The van der Waals surface area contributed by atoms with Crippen molar-refractivity contribution in [2.75, 3.05) is 11.9 Å². The second kappa shape index (κ2) is 6.57. The van der Waals surface area contributed by atoms with Crippen molar-refractivity contribution in [1.82, 2.24) is 0 Å². The summed E-state index contributed by atoms with van der Waals surface area (Å²) in [4.78, 5) is 14.1. The molecule has 0 atom stereocenters. The van der Waals surface area contributed by atoms with Crippen LogP contribution in [0.2, 0.25) is 0 Å². The maximum atomic E-state index is 12.2. The Hall–Kier alpha value is -2.09. The molecular weight excluding hydrogens is 280 g/mol. The van der Waals surface area contributed by atoms with Gasteiger partial charge in [-0.25, -0.2) is 0 Å². The summed E-state index contributed by atoms with van der Waals surface area (Å²) in [7, 11) is 0. The van der Waals surface area contributed by atoms with Gasteiger partial charge in [-0.15, -0.1) is 11.3 Å². The molecule has 0 fully saturated rings. The first kappa shape index (κ1) is 15.3. The fourth-order valence-electron chi connectivity index (χ4n) is 1.90. The zero-order chi connectivity index (χ0) is 15.4. The Kier molecular flexibility index (Phi) is 4.79. The molecule has 1 aromatic carbocycles. The van der Waals surface area contributed by atoms with E-state index in [4.69, 9.17) is 5.73 Å². The first-order valence-corrected chi connectivity index (χ1v) is 7.51. The maximum Gasteiger partial charge on any atom is 0.265 e. The van der Waals surface area contributed by atoms with Crippen LogP contribution in [-0.4, -0.2) is 12.5 Å². The summed E-state index contributed by atoms with van der Waals surface area (Å²) in [5.74, 6) is 5.73. The van der Waals surface area contributed by atoms with Crippen molar-refractivity contribution in [3.8, 4) is 11.8 Å². The fraction of sp³-hybridized carbons (Fsp3) is 0.235. The molecule has 108 valence electrons. The van der Waals surface area contributed by atoms with Crippen LogP contribution in [0.15, 0.2) is 24.3 Å². The van der Waals surface area contributed by atoms with Crippen molar-refractivity contribution in [3.63, 3.8) is 0 Å². The minimum absolute atomic E-state index is 0.0694. The Morgan fingerprint density at radius 3 is 2.57 bits per heavy atom.